The van der Waals surface area contributed by atoms with Gasteiger partial charge < -0.3 is 0 Å². The van der Waals surface area contributed by atoms with Crippen LogP contribution in [0, 0.1) is 39.4 Å². The predicted octanol–water partition coefficient (Wildman–Crippen LogP) is 5.46. The average molecular weight is 358 g/mol. The van der Waals surface area contributed by atoms with E-state index < -0.39 is 19.0 Å². The van der Waals surface area contributed by atoms with Crippen molar-refractivity contribution in [2.24, 2.45) is 5.41 Å². The second-order valence-electron chi connectivity index (χ2n) is 7.17. The van der Waals surface area contributed by atoms with Crippen molar-refractivity contribution in [2.75, 3.05) is 0 Å². The fraction of sp³-hybridized carbons (Fsp3) is 0.526. The maximum atomic E-state index is 9.89. The second-order valence-corrected chi connectivity index (χ2v) is 11.1. The fourth-order valence-corrected chi connectivity index (χ4v) is 6.30. The van der Waals surface area contributed by atoms with Crippen molar-refractivity contribution in [3.63, 3.8) is 0 Å². The van der Waals surface area contributed by atoms with Crippen molar-refractivity contribution < 1.29 is 0 Å². The maximum Gasteiger partial charge on any atom is 0.107 e. The van der Waals surface area contributed by atoms with E-state index in [1.807, 2.05) is 71.9 Å². The van der Waals surface area contributed by atoms with Gasteiger partial charge in [0, 0.05) is 0 Å². The van der Waals surface area contributed by atoms with Gasteiger partial charge >= 0.3 is 0 Å². The first-order chi connectivity index (χ1) is 11.0. The highest BCUT2D eigenvalue weighted by atomic mass is 32.2. The lowest BCUT2D eigenvalue weighted by Crippen LogP contribution is -2.41. The summed E-state index contributed by atoms with van der Waals surface area (Å²) >= 11 is 2.90. The van der Waals surface area contributed by atoms with Crippen molar-refractivity contribution in [1.82, 2.24) is 0 Å². The SMILES string of the molecule is CC(C)(C#N)SC(SC(C)(C)C#N)(c1ccccc1)C(C)(C)C#N. The Labute approximate surface area is 154 Å². The predicted molar refractivity (Wildman–Crippen MR) is 102 cm³/mol. The molecule has 0 atom stereocenters. The molecule has 1 rings (SSSR count). The first-order valence-corrected chi connectivity index (χ1v) is 9.28. The summed E-state index contributed by atoms with van der Waals surface area (Å²) in [6.07, 6.45) is 0. The van der Waals surface area contributed by atoms with E-state index >= 15 is 0 Å². The average Bonchev–Trinajstić information content (AvgIpc) is 2.54. The highest BCUT2D eigenvalue weighted by Crippen LogP contribution is 2.63. The Bertz CT molecular complexity index is 673. The molecule has 0 spiro atoms. The summed E-state index contributed by atoms with van der Waals surface area (Å²) in [6, 6.07) is 16.8. The molecule has 0 aliphatic carbocycles. The molecular formula is C19H23N3S2. The Morgan fingerprint density at radius 1 is 0.708 bits per heavy atom. The van der Waals surface area contributed by atoms with E-state index in [1.165, 1.54) is 23.5 Å². The summed E-state index contributed by atoms with van der Waals surface area (Å²) in [6.45, 7) is 11.2. The quantitative estimate of drug-likeness (QED) is 0.632. The van der Waals surface area contributed by atoms with Crippen LogP contribution in [0.25, 0.3) is 0 Å². The summed E-state index contributed by atoms with van der Waals surface area (Å²) in [4.78, 5) is 0. The lowest BCUT2D eigenvalue weighted by molar-refractivity contribution is 0.444. The van der Waals surface area contributed by atoms with Gasteiger partial charge in [-0.2, -0.15) is 15.8 Å². The summed E-state index contributed by atoms with van der Waals surface area (Å²) in [7, 11) is 0. The molecule has 3 nitrogen and oxygen atoms in total. The van der Waals surface area contributed by atoms with Gasteiger partial charge in [0.1, 0.15) is 4.08 Å². The van der Waals surface area contributed by atoms with Gasteiger partial charge in [-0.05, 0) is 47.1 Å². The van der Waals surface area contributed by atoms with E-state index in [9.17, 15) is 15.8 Å². The number of thioether (sulfide) groups is 2. The molecule has 0 saturated carbocycles. The minimum atomic E-state index is -0.800. The molecule has 0 unspecified atom stereocenters. The number of nitrogens with zero attached hydrogens (tertiary/aromatic N) is 3. The molecule has 0 radical (unpaired) electrons. The summed E-state index contributed by atoms with van der Waals surface area (Å²) in [5.74, 6) is 0. The largest absolute Gasteiger partial charge is 0.198 e. The standard InChI is InChI=1S/C19H23N3S2/c1-16(2,12-20)19(23-17(3,4)13-21,24-18(5,6)14-22)15-10-8-7-9-11-15/h7-11H,1-6H3. The Hall–Kier alpha value is -1.61. The molecule has 24 heavy (non-hydrogen) atoms. The first-order valence-electron chi connectivity index (χ1n) is 7.65. The number of rotatable bonds is 6. The van der Waals surface area contributed by atoms with Gasteiger partial charge in [-0.15, -0.1) is 23.5 Å². The topological polar surface area (TPSA) is 71.4 Å². The van der Waals surface area contributed by atoms with Crippen LogP contribution in [-0.4, -0.2) is 9.49 Å². The second kappa shape index (κ2) is 7.10. The Morgan fingerprint density at radius 2 is 1.12 bits per heavy atom. The van der Waals surface area contributed by atoms with Crippen LogP contribution < -0.4 is 0 Å². The highest BCUT2D eigenvalue weighted by Gasteiger charge is 2.54. The van der Waals surface area contributed by atoms with Crippen LogP contribution in [0.2, 0.25) is 0 Å². The van der Waals surface area contributed by atoms with Gasteiger partial charge in [0.05, 0.1) is 33.1 Å². The molecule has 0 aliphatic heterocycles. The van der Waals surface area contributed by atoms with E-state index in [-0.39, 0.29) is 0 Å². The Balaban J connectivity index is 3.72. The van der Waals surface area contributed by atoms with Crippen molar-refractivity contribution in [3.05, 3.63) is 35.9 Å². The van der Waals surface area contributed by atoms with Gasteiger partial charge in [0.25, 0.3) is 0 Å². The van der Waals surface area contributed by atoms with Gasteiger partial charge in [-0.3, -0.25) is 0 Å². The van der Waals surface area contributed by atoms with Gasteiger partial charge in [-0.25, -0.2) is 0 Å². The van der Waals surface area contributed by atoms with Crippen LogP contribution in [0.3, 0.4) is 0 Å². The number of nitriles is 3. The van der Waals surface area contributed by atoms with E-state index in [0.717, 1.165) is 5.56 Å². The van der Waals surface area contributed by atoms with Crippen LogP contribution in [0.4, 0.5) is 0 Å². The molecule has 0 bridgehead atoms. The molecule has 5 heteroatoms. The molecule has 126 valence electrons. The molecule has 1 aromatic rings. The van der Waals surface area contributed by atoms with E-state index in [0.29, 0.717) is 0 Å². The summed E-state index contributed by atoms with van der Waals surface area (Å²) in [5.41, 5.74) is 0.143. The highest BCUT2D eigenvalue weighted by molar-refractivity contribution is 8.19. The maximum absolute atomic E-state index is 9.89. The third-order valence-corrected chi connectivity index (χ3v) is 7.36. The normalized spacial score (nSPS) is 12.8. The number of benzene rings is 1. The van der Waals surface area contributed by atoms with Crippen molar-refractivity contribution in [1.29, 1.82) is 15.8 Å². The first kappa shape index (κ1) is 20.4. The molecule has 0 amide bonds. The Kier molecular flexibility index (Phi) is 6.05. The molecule has 0 aromatic heterocycles. The van der Waals surface area contributed by atoms with Crippen molar-refractivity contribution in [3.8, 4) is 18.2 Å². The number of hydrogen-bond donors (Lipinski definition) is 0. The lowest BCUT2D eigenvalue weighted by Gasteiger charge is -2.47. The van der Waals surface area contributed by atoms with Crippen LogP contribution in [0.5, 0.6) is 0 Å². The zero-order valence-electron chi connectivity index (χ0n) is 15.0. The minimum absolute atomic E-state index is 0.706. The zero-order valence-corrected chi connectivity index (χ0v) is 16.7. The van der Waals surface area contributed by atoms with Crippen molar-refractivity contribution >= 4 is 23.5 Å². The summed E-state index contributed by atoms with van der Waals surface area (Å²) in [5, 5.41) is 29.0. The molecule has 1 aromatic carbocycles. The fourth-order valence-electron chi connectivity index (χ4n) is 2.25. The summed E-state index contributed by atoms with van der Waals surface area (Å²) < 4.78 is -2.17. The van der Waals surface area contributed by atoms with E-state index in [2.05, 4.69) is 18.2 Å². The van der Waals surface area contributed by atoms with Gasteiger partial charge in [0.15, 0.2) is 0 Å². The lowest BCUT2D eigenvalue weighted by atomic mass is 9.86. The molecule has 0 fully saturated rings. The molecule has 0 aliphatic rings. The van der Waals surface area contributed by atoms with Gasteiger partial charge in [-0.1, -0.05) is 30.3 Å². The van der Waals surface area contributed by atoms with Crippen LogP contribution in [0.1, 0.15) is 47.1 Å². The Morgan fingerprint density at radius 3 is 1.46 bits per heavy atom. The molecular weight excluding hydrogens is 334 g/mol. The third-order valence-electron chi connectivity index (χ3n) is 3.59. The van der Waals surface area contributed by atoms with Crippen LogP contribution >= 0.6 is 23.5 Å². The molecule has 0 N–H and O–H groups in total. The monoisotopic (exact) mass is 357 g/mol. The minimum Gasteiger partial charge on any atom is -0.198 e. The smallest absolute Gasteiger partial charge is 0.107 e. The zero-order chi connectivity index (χ0) is 18.6. The third kappa shape index (κ3) is 4.27. The van der Waals surface area contributed by atoms with Crippen molar-refractivity contribution in [2.45, 2.75) is 55.1 Å². The van der Waals surface area contributed by atoms with Crippen LogP contribution in [-0.2, 0) is 4.08 Å². The van der Waals surface area contributed by atoms with Crippen LogP contribution in [0.15, 0.2) is 30.3 Å². The molecule has 0 heterocycles. The van der Waals surface area contributed by atoms with Gasteiger partial charge in [0.2, 0.25) is 0 Å². The van der Waals surface area contributed by atoms with E-state index in [4.69, 9.17) is 0 Å². The molecule has 0 saturated heterocycles. The van der Waals surface area contributed by atoms with E-state index in [1.54, 1.807) is 0 Å². The number of hydrogen-bond acceptors (Lipinski definition) is 5.